The number of para-hydroxylation sites is 1. The van der Waals surface area contributed by atoms with Crippen LogP contribution in [0.2, 0.25) is 0 Å². The fourth-order valence-corrected chi connectivity index (χ4v) is 1.92. The Kier molecular flexibility index (Phi) is 6.49. The van der Waals surface area contributed by atoms with Gasteiger partial charge in [0.1, 0.15) is 5.82 Å². The minimum Gasteiger partial charge on any atom is -0.475 e. The molecule has 0 fully saturated rings. The Morgan fingerprint density at radius 2 is 1.72 bits per heavy atom. The van der Waals surface area contributed by atoms with E-state index in [0.29, 0.717) is 11.3 Å². The van der Waals surface area contributed by atoms with Crippen LogP contribution in [-0.2, 0) is 4.79 Å². The van der Waals surface area contributed by atoms with Crippen LogP contribution in [0.3, 0.4) is 0 Å². The van der Waals surface area contributed by atoms with Gasteiger partial charge in [0, 0.05) is 11.3 Å². The number of carbonyl (C=O) groups excluding carboxylic acids is 1. The Bertz CT molecular complexity index is 1060. The number of halogens is 4. The molecule has 8 nitrogen and oxygen atoms in total. The van der Waals surface area contributed by atoms with Crippen molar-refractivity contribution >= 4 is 17.6 Å². The molecule has 0 aliphatic heterocycles. The number of hydrogen-bond acceptors (Lipinski definition) is 5. The molecular weight excluding hydrogens is 402 g/mol. The van der Waals surface area contributed by atoms with E-state index in [1.165, 1.54) is 12.1 Å². The summed E-state index contributed by atoms with van der Waals surface area (Å²) in [6.07, 6.45) is -5.08. The molecule has 3 aromatic rings. The van der Waals surface area contributed by atoms with E-state index in [4.69, 9.17) is 9.90 Å². The van der Waals surface area contributed by atoms with Gasteiger partial charge in [0.05, 0.1) is 5.56 Å². The minimum atomic E-state index is -5.08. The third-order valence-electron chi connectivity index (χ3n) is 3.20. The van der Waals surface area contributed by atoms with Gasteiger partial charge in [-0.3, -0.25) is 14.3 Å². The largest absolute Gasteiger partial charge is 0.490 e. The van der Waals surface area contributed by atoms with Crippen molar-refractivity contribution < 1.29 is 36.8 Å². The van der Waals surface area contributed by atoms with Crippen molar-refractivity contribution in [1.29, 1.82) is 0 Å². The fraction of sp³-hybridized carbons (Fsp3) is 0.0588. The number of nitrogens with zero attached hydrogens (tertiary/aromatic N) is 1. The molecule has 1 heterocycles. The van der Waals surface area contributed by atoms with Crippen LogP contribution in [-0.4, -0.2) is 33.3 Å². The molecule has 0 radical (unpaired) electrons. The summed E-state index contributed by atoms with van der Waals surface area (Å²) < 4.78 is 50.0. The molecule has 3 rings (SSSR count). The first-order chi connectivity index (χ1) is 13.6. The maximum Gasteiger partial charge on any atom is 0.490 e. The number of hydrogen-bond donors (Lipinski definition) is 3. The summed E-state index contributed by atoms with van der Waals surface area (Å²) in [4.78, 5) is 34.3. The smallest absolute Gasteiger partial charge is 0.475 e. The van der Waals surface area contributed by atoms with Crippen LogP contribution in [0.4, 0.5) is 23.2 Å². The molecule has 0 aliphatic carbocycles. The number of alkyl halides is 3. The highest BCUT2D eigenvalue weighted by atomic mass is 19.4. The normalized spacial score (nSPS) is 10.6. The molecule has 0 aliphatic rings. The van der Waals surface area contributed by atoms with Gasteiger partial charge in [0.25, 0.3) is 5.91 Å². The van der Waals surface area contributed by atoms with Crippen molar-refractivity contribution in [3.05, 3.63) is 70.5 Å². The SMILES string of the molecule is O=C(Nc1ccccc1)c1cc(-c2noc(=O)[nH]2)ccc1F.O=C(O)C(F)(F)F. The van der Waals surface area contributed by atoms with Crippen LogP contribution >= 0.6 is 0 Å². The standard InChI is InChI=1S/C15H10FN3O3.C2HF3O2/c16-12-7-6-9(13-18-15(21)22-19-13)8-11(12)14(20)17-10-4-2-1-3-5-10;3-2(4,5)1(6)7/h1-8H,(H,17,20)(H,18,19,21);(H,6,7). The maximum absolute atomic E-state index is 13.9. The second-order valence-corrected chi connectivity index (χ2v) is 5.26. The van der Waals surface area contributed by atoms with E-state index in [9.17, 15) is 27.2 Å². The number of rotatable bonds is 3. The molecule has 3 N–H and O–H groups in total. The highest BCUT2D eigenvalue weighted by molar-refractivity contribution is 6.05. The molecule has 29 heavy (non-hydrogen) atoms. The molecule has 2 aromatic carbocycles. The van der Waals surface area contributed by atoms with Gasteiger partial charge in [-0.25, -0.2) is 14.0 Å². The van der Waals surface area contributed by atoms with E-state index >= 15 is 0 Å². The van der Waals surface area contributed by atoms with Crippen LogP contribution in [0, 0.1) is 5.82 Å². The number of nitrogens with one attached hydrogen (secondary N) is 2. The number of carbonyl (C=O) groups is 2. The van der Waals surface area contributed by atoms with Crippen molar-refractivity contribution in [3.63, 3.8) is 0 Å². The van der Waals surface area contributed by atoms with Crippen molar-refractivity contribution in [2.75, 3.05) is 5.32 Å². The molecule has 0 unspecified atom stereocenters. The topological polar surface area (TPSA) is 125 Å². The minimum absolute atomic E-state index is 0.124. The van der Waals surface area contributed by atoms with Gasteiger partial charge in [-0.2, -0.15) is 13.2 Å². The number of aliphatic carboxylic acids is 1. The Labute approximate surface area is 158 Å². The van der Waals surface area contributed by atoms with Crippen molar-refractivity contribution in [1.82, 2.24) is 10.1 Å². The van der Waals surface area contributed by atoms with Crippen molar-refractivity contribution in [3.8, 4) is 11.4 Å². The van der Waals surface area contributed by atoms with E-state index in [0.717, 1.165) is 6.07 Å². The maximum atomic E-state index is 13.9. The highest BCUT2D eigenvalue weighted by Gasteiger charge is 2.38. The van der Waals surface area contributed by atoms with Gasteiger partial charge in [-0.1, -0.05) is 23.4 Å². The van der Waals surface area contributed by atoms with Crippen LogP contribution in [0.25, 0.3) is 11.4 Å². The quantitative estimate of drug-likeness (QED) is 0.567. The number of aromatic nitrogens is 2. The lowest BCUT2D eigenvalue weighted by Gasteiger charge is -2.07. The first kappa shape index (κ1) is 21.3. The molecule has 0 saturated carbocycles. The van der Waals surface area contributed by atoms with Gasteiger partial charge >= 0.3 is 17.9 Å². The molecule has 0 bridgehead atoms. The molecular formula is C17H11F4N3O5. The number of anilines is 1. The monoisotopic (exact) mass is 413 g/mol. The number of benzene rings is 2. The summed E-state index contributed by atoms with van der Waals surface area (Å²) in [6.45, 7) is 0. The predicted octanol–water partition coefficient (Wildman–Crippen LogP) is 3.05. The highest BCUT2D eigenvalue weighted by Crippen LogP contribution is 2.19. The second kappa shape index (κ2) is 8.82. The molecule has 0 spiro atoms. The molecule has 12 heteroatoms. The molecule has 1 amide bonds. The zero-order valence-electron chi connectivity index (χ0n) is 14.2. The summed E-state index contributed by atoms with van der Waals surface area (Å²) in [7, 11) is 0. The summed E-state index contributed by atoms with van der Waals surface area (Å²) in [6, 6.07) is 12.5. The van der Waals surface area contributed by atoms with Crippen LogP contribution in [0.15, 0.2) is 57.8 Å². The average Bonchev–Trinajstić information content (AvgIpc) is 3.09. The number of amides is 1. The van der Waals surface area contributed by atoms with Gasteiger partial charge < -0.3 is 10.4 Å². The lowest BCUT2D eigenvalue weighted by molar-refractivity contribution is -0.192. The summed E-state index contributed by atoms with van der Waals surface area (Å²) in [5.74, 6) is -4.64. The fourth-order valence-electron chi connectivity index (χ4n) is 1.92. The Morgan fingerprint density at radius 3 is 2.24 bits per heavy atom. The van der Waals surface area contributed by atoms with E-state index in [-0.39, 0.29) is 11.4 Å². The van der Waals surface area contributed by atoms with E-state index in [1.54, 1.807) is 30.3 Å². The van der Waals surface area contributed by atoms with Crippen molar-refractivity contribution in [2.45, 2.75) is 6.18 Å². The predicted molar refractivity (Wildman–Crippen MR) is 90.6 cm³/mol. The summed E-state index contributed by atoms with van der Waals surface area (Å²) in [5, 5.41) is 13.2. The van der Waals surface area contributed by atoms with E-state index < -0.39 is 29.6 Å². The van der Waals surface area contributed by atoms with Gasteiger partial charge in [-0.15, -0.1) is 0 Å². The number of carboxylic acid groups (broad SMARTS) is 1. The van der Waals surface area contributed by atoms with E-state index in [1.807, 2.05) is 0 Å². The number of carboxylic acids is 1. The van der Waals surface area contributed by atoms with Gasteiger partial charge in [0.2, 0.25) is 0 Å². The number of H-pyrrole nitrogens is 1. The van der Waals surface area contributed by atoms with Crippen LogP contribution in [0.5, 0.6) is 0 Å². The zero-order chi connectivity index (χ0) is 21.6. The molecule has 0 atom stereocenters. The first-order valence-corrected chi connectivity index (χ1v) is 7.60. The average molecular weight is 413 g/mol. The van der Waals surface area contributed by atoms with Gasteiger partial charge in [0.15, 0.2) is 5.82 Å². The van der Waals surface area contributed by atoms with Crippen LogP contribution < -0.4 is 11.1 Å². The number of aromatic amines is 1. The Hall–Kier alpha value is -3.96. The molecule has 1 aromatic heterocycles. The lowest BCUT2D eigenvalue weighted by Crippen LogP contribution is -2.21. The summed E-state index contributed by atoms with van der Waals surface area (Å²) in [5.41, 5.74) is 0.753. The van der Waals surface area contributed by atoms with E-state index in [2.05, 4.69) is 20.0 Å². The summed E-state index contributed by atoms with van der Waals surface area (Å²) >= 11 is 0. The first-order valence-electron chi connectivity index (χ1n) is 7.60. The van der Waals surface area contributed by atoms with Gasteiger partial charge in [-0.05, 0) is 30.3 Å². The lowest BCUT2D eigenvalue weighted by atomic mass is 10.1. The zero-order valence-corrected chi connectivity index (χ0v) is 14.2. The third kappa shape index (κ3) is 6.02. The van der Waals surface area contributed by atoms with Crippen LogP contribution in [0.1, 0.15) is 10.4 Å². The third-order valence-corrected chi connectivity index (χ3v) is 3.20. The Morgan fingerprint density at radius 1 is 1.10 bits per heavy atom. The van der Waals surface area contributed by atoms with Crippen molar-refractivity contribution in [2.24, 2.45) is 0 Å². The second-order valence-electron chi connectivity index (χ2n) is 5.26. The molecule has 0 saturated heterocycles. The molecule has 152 valence electrons. The Balaban J connectivity index is 0.000000370.